The maximum Gasteiger partial charge on any atom is 0.573 e. The highest BCUT2D eigenvalue weighted by Crippen LogP contribution is 2.33. The summed E-state index contributed by atoms with van der Waals surface area (Å²) < 4.78 is 65.0. The van der Waals surface area contributed by atoms with E-state index in [0.717, 1.165) is 37.3 Å². The molecule has 0 atom stereocenters. The predicted octanol–water partition coefficient (Wildman–Crippen LogP) is 5.68. The molecule has 3 rings (SSSR count). The first-order valence-corrected chi connectivity index (χ1v) is 11.7. The minimum Gasteiger partial charge on any atom is -0.404 e. The molecule has 1 fully saturated rings. The van der Waals surface area contributed by atoms with Crippen molar-refractivity contribution in [2.45, 2.75) is 49.3 Å². The number of ether oxygens (including phenoxy) is 1. The summed E-state index contributed by atoms with van der Waals surface area (Å²) in [6.07, 6.45) is 1.72. The van der Waals surface area contributed by atoms with Crippen LogP contribution in [0.3, 0.4) is 0 Å². The summed E-state index contributed by atoms with van der Waals surface area (Å²) in [5.74, 6) is -0.331. The van der Waals surface area contributed by atoms with Gasteiger partial charge in [-0.1, -0.05) is 31.4 Å². The van der Waals surface area contributed by atoms with Gasteiger partial charge < -0.3 is 15.4 Å². The van der Waals surface area contributed by atoms with Crippen molar-refractivity contribution in [2.24, 2.45) is 0 Å². The largest absolute Gasteiger partial charge is 0.573 e. The lowest BCUT2D eigenvalue weighted by Crippen LogP contribution is -2.21. The number of alkyl halides is 3. The molecule has 0 spiro atoms. The first-order chi connectivity index (χ1) is 14.5. The van der Waals surface area contributed by atoms with E-state index in [-0.39, 0.29) is 5.69 Å². The van der Waals surface area contributed by atoms with E-state index in [1.54, 1.807) is 12.1 Å². The molecule has 6 nitrogen and oxygen atoms in total. The van der Waals surface area contributed by atoms with E-state index >= 15 is 0 Å². The number of amides is 2. The number of urea groups is 1. The quantitative estimate of drug-likeness (QED) is 0.606. The predicted molar refractivity (Wildman–Crippen MR) is 111 cm³/mol. The number of rotatable bonds is 5. The molecule has 0 aliphatic heterocycles. The first kappa shape index (κ1) is 22.9. The summed E-state index contributed by atoms with van der Waals surface area (Å²) in [6.45, 7) is 0. The Morgan fingerprint density at radius 1 is 0.968 bits per heavy atom. The number of hydrogen-bond acceptors (Lipinski definition) is 4. The second kappa shape index (κ2) is 9.17. The van der Waals surface area contributed by atoms with Crippen molar-refractivity contribution < 1.29 is 31.1 Å². The Labute approximate surface area is 178 Å². The summed E-state index contributed by atoms with van der Waals surface area (Å²) in [5, 5.41) is 5.04. The van der Waals surface area contributed by atoms with Gasteiger partial charge in [0, 0.05) is 17.6 Å². The molecule has 2 aromatic carbocycles. The van der Waals surface area contributed by atoms with Gasteiger partial charge >= 0.3 is 12.4 Å². The van der Waals surface area contributed by atoms with Crippen molar-refractivity contribution in [3.05, 3.63) is 48.0 Å². The van der Waals surface area contributed by atoms with E-state index < -0.39 is 32.9 Å². The van der Waals surface area contributed by atoms with E-state index in [1.807, 2.05) is 12.1 Å². The fraction of sp³-hybridized carbons (Fsp3) is 0.381. The van der Waals surface area contributed by atoms with Crippen molar-refractivity contribution in [2.75, 3.05) is 16.9 Å². The van der Waals surface area contributed by atoms with E-state index in [2.05, 4.69) is 15.4 Å². The van der Waals surface area contributed by atoms with Crippen LogP contribution in [0.2, 0.25) is 0 Å². The van der Waals surface area contributed by atoms with E-state index in [4.69, 9.17) is 0 Å². The lowest BCUT2D eigenvalue weighted by molar-refractivity contribution is -0.275. The van der Waals surface area contributed by atoms with Crippen LogP contribution >= 0.6 is 0 Å². The molecule has 10 heteroatoms. The van der Waals surface area contributed by atoms with Gasteiger partial charge in [-0.25, -0.2) is 13.2 Å². The molecular formula is C21H23F3N2O4S. The lowest BCUT2D eigenvalue weighted by atomic mass is 9.84. The Morgan fingerprint density at radius 2 is 1.55 bits per heavy atom. The Balaban J connectivity index is 1.68. The number of benzene rings is 2. The zero-order valence-electron chi connectivity index (χ0n) is 16.8. The van der Waals surface area contributed by atoms with Crippen LogP contribution in [-0.4, -0.2) is 27.1 Å². The van der Waals surface area contributed by atoms with Gasteiger partial charge in [0.15, 0.2) is 9.84 Å². The number of nitrogens with one attached hydrogen (secondary N) is 2. The minimum atomic E-state index is -5.05. The summed E-state index contributed by atoms with van der Waals surface area (Å²) in [4.78, 5) is 11.6. The van der Waals surface area contributed by atoms with Crippen LogP contribution in [0.25, 0.3) is 0 Å². The van der Waals surface area contributed by atoms with Gasteiger partial charge in [0.05, 0.1) is 0 Å². The minimum absolute atomic E-state index is 0.00581. The molecule has 0 bridgehead atoms. The molecule has 1 saturated carbocycles. The molecule has 0 aromatic heterocycles. The highest BCUT2D eigenvalue weighted by molar-refractivity contribution is 7.90. The van der Waals surface area contributed by atoms with Gasteiger partial charge in [0.1, 0.15) is 10.6 Å². The second-order valence-electron chi connectivity index (χ2n) is 7.52. The van der Waals surface area contributed by atoms with Gasteiger partial charge in [0.2, 0.25) is 0 Å². The van der Waals surface area contributed by atoms with Crippen molar-refractivity contribution in [1.29, 1.82) is 0 Å². The maximum atomic E-state index is 12.5. The number of hydrogen-bond donors (Lipinski definition) is 2. The summed E-state index contributed by atoms with van der Waals surface area (Å²) in [7, 11) is -4.04. The highest BCUT2D eigenvalue weighted by Gasteiger charge is 2.33. The summed E-state index contributed by atoms with van der Waals surface area (Å²) in [6, 6.07) is 9.74. The molecule has 168 valence electrons. The van der Waals surface area contributed by atoms with Gasteiger partial charge in [-0.05, 0) is 54.7 Å². The highest BCUT2D eigenvalue weighted by atomic mass is 32.2. The molecule has 31 heavy (non-hydrogen) atoms. The topological polar surface area (TPSA) is 84.5 Å². The molecule has 1 aliphatic carbocycles. The van der Waals surface area contributed by atoms with E-state index in [1.165, 1.54) is 24.8 Å². The Hall–Kier alpha value is -2.75. The fourth-order valence-electron chi connectivity index (χ4n) is 3.65. The molecule has 1 aliphatic rings. The molecule has 0 radical (unpaired) electrons. The second-order valence-corrected chi connectivity index (χ2v) is 9.50. The van der Waals surface area contributed by atoms with Crippen LogP contribution in [0.5, 0.6) is 5.75 Å². The van der Waals surface area contributed by atoms with Crippen LogP contribution < -0.4 is 15.4 Å². The normalized spacial score (nSPS) is 15.4. The first-order valence-electron chi connectivity index (χ1n) is 9.79. The fourth-order valence-corrected chi connectivity index (χ4v) is 4.47. The third kappa shape index (κ3) is 6.61. The smallest absolute Gasteiger partial charge is 0.404 e. The Morgan fingerprint density at radius 3 is 2.13 bits per heavy atom. The monoisotopic (exact) mass is 456 g/mol. The summed E-state index contributed by atoms with van der Waals surface area (Å²) >= 11 is 0. The Bertz CT molecular complexity index is 1030. The molecule has 2 aromatic rings. The number of halogens is 3. The van der Waals surface area contributed by atoms with E-state index in [0.29, 0.717) is 11.6 Å². The zero-order valence-corrected chi connectivity index (χ0v) is 17.6. The summed E-state index contributed by atoms with van der Waals surface area (Å²) in [5.41, 5.74) is 1.77. The Kier molecular flexibility index (Phi) is 6.78. The SMILES string of the molecule is CS(=O)(=O)c1cc(NC(=O)Nc2ccc(C3CCCCC3)cc2)ccc1OC(F)(F)F. The third-order valence-corrected chi connectivity index (χ3v) is 6.19. The van der Waals surface area contributed by atoms with Crippen molar-refractivity contribution in [3.8, 4) is 5.75 Å². The van der Waals surface area contributed by atoms with Crippen LogP contribution in [0.4, 0.5) is 29.3 Å². The number of carbonyl (C=O) groups is 1. The molecule has 0 saturated heterocycles. The van der Waals surface area contributed by atoms with Crippen molar-refractivity contribution in [1.82, 2.24) is 0 Å². The number of carbonyl (C=O) groups excluding carboxylic acids is 1. The molecule has 0 unspecified atom stereocenters. The van der Waals surface area contributed by atoms with Gasteiger partial charge in [-0.15, -0.1) is 13.2 Å². The van der Waals surface area contributed by atoms with Crippen LogP contribution in [0, 0.1) is 0 Å². The number of sulfone groups is 1. The third-order valence-electron chi connectivity index (χ3n) is 5.07. The lowest BCUT2D eigenvalue weighted by Gasteiger charge is -2.22. The van der Waals surface area contributed by atoms with Gasteiger partial charge in [0.25, 0.3) is 0 Å². The van der Waals surface area contributed by atoms with Crippen LogP contribution in [-0.2, 0) is 9.84 Å². The van der Waals surface area contributed by atoms with Crippen LogP contribution in [0.15, 0.2) is 47.4 Å². The van der Waals surface area contributed by atoms with Crippen LogP contribution in [0.1, 0.15) is 43.6 Å². The molecule has 2 amide bonds. The number of anilines is 2. The van der Waals surface area contributed by atoms with Crippen molar-refractivity contribution >= 4 is 27.2 Å². The van der Waals surface area contributed by atoms with Gasteiger partial charge in [-0.3, -0.25) is 0 Å². The molecule has 0 heterocycles. The average molecular weight is 456 g/mol. The van der Waals surface area contributed by atoms with Crippen molar-refractivity contribution in [3.63, 3.8) is 0 Å². The van der Waals surface area contributed by atoms with Gasteiger partial charge in [-0.2, -0.15) is 0 Å². The van der Waals surface area contributed by atoms with E-state index in [9.17, 15) is 26.4 Å². The standard InChI is InChI=1S/C21H23F3N2O4S/c1-31(28,29)19-13-17(11-12-18(19)30-21(22,23)24)26-20(27)25-16-9-7-15(8-10-16)14-5-3-2-4-6-14/h7-14H,2-6H2,1H3,(H2,25,26,27). The average Bonchev–Trinajstić information content (AvgIpc) is 2.68. The maximum absolute atomic E-state index is 12.5. The zero-order chi connectivity index (χ0) is 22.6. The molecule has 2 N–H and O–H groups in total. The molecular weight excluding hydrogens is 433 g/mol.